The maximum atomic E-state index is 12.4. The van der Waals surface area contributed by atoms with Crippen LogP contribution in [0.1, 0.15) is 33.6 Å². The Hall–Kier alpha value is -2.97. The van der Waals surface area contributed by atoms with Gasteiger partial charge in [-0.25, -0.2) is 9.78 Å². The Balaban J connectivity index is 1.75. The number of anilines is 1. The van der Waals surface area contributed by atoms with Crippen LogP contribution in [0.4, 0.5) is 16.3 Å². The molecule has 0 bridgehead atoms. The van der Waals surface area contributed by atoms with Crippen molar-refractivity contribution in [2.75, 3.05) is 25.0 Å². The van der Waals surface area contributed by atoms with Crippen LogP contribution in [-0.4, -0.2) is 57.7 Å². The third-order valence-electron chi connectivity index (χ3n) is 4.67. The van der Waals surface area contributed by atoms with Crippen molar-refractivity contribution in [2.45, 2.75) is 45.3 Å². The Kier molecular flexibility index (Phi) is 5.35. The molecular weight excluding hydrogens is 362 g/mol. The second-order valence-electron chi connectivity index (χ2n) is 7.99. The highest BCUT2D eigenvalue weighted by Crippen LogP contribution is 2.24. The average Bonchev–Trinajstić information content (AvgIpc) is 2.65. The van der Waals surface area contributed by atoms with Gasteiger partial charge in [-0.05, 0) is 39.7 Å². The normalized spacial score (nSPS) is 17.4. The lowest BCUT2D eigenvalue weighted by molar-refractivity contribution is -0.384. The van der Waals surface area contributed by atoms with E-state index in [0.29, 0.717) is 23.4 Å². The Bertz CT molecular complexity index is 896. The number of nitro benzene ring substituents is 1. The molecule has 1 fully saturated rings. The second-order valence-corrected chi connectivity index (χ2v) is 7.99. The molecule has 1 saturated heterocycles. The van der Waals surface area contributed by atoms with Crippen molar-refractivity contribution in [3.63, 3.8) is 0 Å². The van der Waals surface area contributed by atoms with Gasteiger partial charge in [-0.2, -0.15) is 0 Å². The number of non-ortho nitro benzene ring substituents is 1. The Labute approximate surface area is 163 Å². The SMILES string of the molecule is CN(C(=O)OC(C)(C)C)[C@H]1CCCN(c2cnc3cc([N+](=O)[O-])ccc3n2)C1. The minimum atomic E-state index is -0.536. The van der Waals surface area contributed by atoms with Gasteiger partial charge in [0.25, 0.3) is 5.69 Å². The Morgan fingerprint density at radius 1 is 1.36 bits per heavy atom. The van der Waals surface area contributed by atoms with E-state index in [2.05, 4.69) is 14.9 Å². The molecule has 1 atom stereocenters. The highest BCUT2D eigenvalue weighted by Gasteiger charge is 2.29. The third kappa shape index (κ3) is 4.47. The third-order valence-corrected chi connectivity index (χ3v) is 4.67. The van der Waals surface area contributed by atoms with Gasteiger partial charge in [0.15, 0.2) is 0 Å². The number of fused-ring (bicyclic) bond motifs is 1. The Morgan fingerprint density at radius 3 is 2.79 bits per heavy atom. The Morgan fingerprint density at radius 2 is 2.11 bits per heavy atom. The van der Waals surface area contributed by atoms with Crippen LogP contribution in [0.25, 0.3) is 11.0 Å². The average molecular weight is 387 g/mol. The van der Waals surface area contributed by atoms with Crippen LogP contribution in [0, 0.1) is 10.1 Å². The molecule has 1 aromatic heterocycles. The van der Waals surface area contributed by atoms with Crippen molar-refractivity contribution < 1.29 is 14.5 Å². The van der Waals surface area contributed by atoms with Crippen molar-refractivity contribution in [3.8, 4) is 0 Å². The monoisotopic (exact) mass is 387 g/mol. The first-order chi connectivity index (χ1) is 13.1. The number of ether oxygens (including phenoxy) is 1. The quantitative estimate of drug-likeness (QED) is 0.588. The molecule has 1 aliphatic heterocycles. The number of amides is 1. The summed E-state index contributed by atoms with van der Waals surface area (Å²) in [6.07, 6.45) is 3.09. The minimum absolute atomic E-state index is 0.00780. The molecule has 28 heavy (non-hydrogen) atoms. The lowest BCUT2D eigenvalue weighted by Gasteiger charge is -2.38. The fourth-order valence-corrected chi connectivity index (χ4v) is 3.22. The molecule has 2 aromatic rings. The van der Waals surface area contributed by atoms with E-state index in [1.165, 1.54) is 12.1 Å². The van der Waals surface area contributed by atoms with Gasteiger partial charge >= 0.3 is 6.09 Å². The molecule has 3 rings (SSSR count). The van der Waals surface area contributed by atoms with E-state index in [4.69, 9.17) is 4.74 Å². The number of nitrogens with zero attached hydrogens (tertiary/aromatic N) is 5. The van der Waals surface area contributed by atoms with Crippen molar-refractivity contribution in [1.29, 1.82) is 0 Å². The van der Waals surface area contributed by atoms with Gasteiger partial charge < -0.3 is 14.5 Å². The van der Waals surface area contributed by atoms with Crippen LogP contribution in [0.15, 0.2) is 24.4 Å². The summed E-state index contributed by atoms with van der Waals surface area (Å²) in [5, 5.41) is 10.9. The van der Waals surface area contributed by atoms with Gasteiger partial charge in [0, 0.05) is 32.3 Å². The summed E-state index contributed by atoms with van der Waals surface area (Å²) in [4.78, 5) is 35.5. The zero-order valence-corrected chi connectivity index (χ0v) is 16.6. The molecule has 0 N–H and O–H groups in total. The molecule has 0 radical (unpaired) electrons. The molecule has 0 aliphatic carbocycles. The number of carbonyl (C=O) groups excluding carboxylic acids is 1. The molecular formula is C19H25N5O4. The largest absolute Gasteiger partial charge is 0.444 e. The summed E-state index contributed by atoms with van der Waals surface area (Å²) in [6, 6.07) is 4.47. The maximum absolute atomic E-state index is 12.4. The molecule has 0 unspecified atom stereocenters. The number of likely N-dealkylation sites (N-methyl/N-ethyl adjacent to an activating group) is 1. The topological polar surface area (TPSA) is 102 Å². The van der Waals surface area contributed by atoms with Gasteiger partial charge in [-0.1, -0.05) is 0 Å². The first kappa shape index (κ1) is 19.8. The van der Waals surface area contributed by atoms with Crippen LogP contribution in [-0.2, 0) is 4.74 Å². The summed E-state index contributed by atoms with van der Waals surface area (Å²) >= 11 is 0. The zero-order chi connectivity index (χ0) is 20.5. The number of carbonyl (C=O) groups is 1. The van der Waals surface area contributed by atoms with Gasteiger partial charge in [0.2, 0.25) is 0 Å². The highest BCUT2D eigenvalue weighted by atomic mass is 16.6. The number of piperidine rings is 1. The van der Waals surface area contributed by atoms with E-state index in [0.717, 1.165) is 19.4 Å². The molecule has 9 nitrogen and oxygen atoms in total. The standard InChI is InChI=1S/C19H25N5O4/c1-19(2,3)28-18(25)22(4)14-6-5-9-23(12-14)17-11-20-16-10-13(24(26)27)7-8-15(16)21-17/h7-8,10-11,14H,5-6,9,12H2,1-4H3/t14-/m0/s1. The van der Waals surface area contributed by atoms with Gasteiger partial charge in [0.1, 0.15) is 11.4 Å². The second kappa shape index (κ2) is 7.57. The number of rotatable bonds is 3. The summed E-state index contributed by atoms with van der Waals surface area (Å²) in [7, 11) is 1.76. The van der Waals surface area contributed by atoms with E-state index in [-0.39, 0.29) is 17.8 Å². The van der Waals surface area contributed by atoms with Crippen LogP contribution in [0.2, 0.25) is 0 Å². The van der Waals surface area contributed by atoms with Crippen molar-refractivity contribution in [1.82, 2.24) is 14.9 Å². The summed E-state index contributed by atoms with van der Waals surface area (Å²) in [6.45, 7) is 6.98. The van der Waals surface area contributed by atoms with E-state index >= 15 is 0 Å². The van der Waals surface area contributed by atoms with E-state index in [1.54, 1.807) is 24.2 Å². The van der Waals surface area contributed by atoms with Crippen molar-refractivity contribution in [2.24, 2.45) is 0 Å². The van der Waals surface area contributed by atoms with Crippen molar-refractivity contribution >= 4 is 28.6 Å². The smallest absolute Gasteiger partial charge is 0.410 e. The summed E-state index contributed by atoms with van der Waals surface area (Å²) < 4.78 is 5.47. The van der Waals surface area contributed by atoms with E-state index in [9.17, 15) is 14.9 Å². The lowest BCUT2D eigenvalue weighted by Crippen LogP contribution is -2.50. The van der Waals surface area contributed by atoms with E-state index < -0.39 is 10.5 Å². The molecule has 2 heterocycles. The fraction of sp³-hybridized carbons (Fsp3) is 0.526. The maximum Gasteiger partial charge on any atom is 0.410 e. The molecule has 1 amide bonds. The van der Waals surface area contributed by atoms with Crippen molar-refractivity contribution in [3.05, 3.63) is 34.5 Å². The molecule has 1 aromatic carbocycles. The molecule has 0 saturated carbocycles. The lowest BCUT2D eigenvalue weighted by atomic mass is 10.0. The number of aromatic nitrogens is 2. The highest BCUT2D eigenvalue weighted by molar-refractivity contribution is 5.78. The molecule has 0 spiro atoms. The fourth-order valence-electron chi connectivity index (χ4n) is 3.22. The number of nitro groups is 1. The molecule has 9 heteroatoms. The van der Waals surface area contributed by atoms with Crippen LogP contribution in [0.5, 0.6) is 0 Å². The van der Waals surface area contributed by atoms with Crippen LogP contribution < -0.4 is 4.90 Å². The molecule has 150 valence electrons. The number of benzene rings is 1. The number of hydrogen-bond donors (Lipinski definition) is 0. The van der Waals surface area contributed by atoms with Crippen LogP contribution in [0.3, 0.4) is 0 Å². The predicted octanol–water partition coefficient (Wildman–Crippen LogP) is 3.37. The van der Waals surface area contributed by atoms with Gasteiger partial charge in [-0.15, -0.1) is 0 Å². The van der Waals surface area contributed by atoms with Gasteiger partial charge in [0.05, 0.1) is 28.2 Å². The predicted molar refractivity (Wildman–Crippen MR) is 105 cm³/mol. The summed E-state index contributed by atoms with van der Waals surface area (Å²) in [5.41, 5.74) is 0.543. The first-order valence-corrected chi connectivity index (χ1v) is 9.26. The molecule has 1 aliphatic rings. The number of hydrogen-bond acceptors (Lipinski definition) is 7. The zero-order valence-electron chi connectivity index (χ0n) is 16.6. The first-order valence-electron chi connectivity index (χ1n) is 9.26. The van der Waals surface area contributed by atoms with E-state index in [1.807, 2.05) is 20.8 Å². The van der Waals surface area contributed by atoms with Gasteiger partial charge in [-0.3, -0.25) is 15.1 Å². The minimum Gasteiger partial charge on any atom is -0.444 e. The van der Waals surface area contributed by atoms with Crippen LogP contribution >= 0.6 is 0 Å². The summed E-state index contributed by atoms with van der Waals surface area (Å²) in [5.74, 6) is 0.698.